The van der Waals surface area contributed by atoms with Crippen molar-refractivity contribution in [3.63, 3.8) is 0 Å². The Labute approximate surface area is 200 Å². The normalized spacial score (nSPS) is 13.7. The van der Waals surface area contributed by atoms with E-state index in [0.717, 1.165) is 33.7 Å². The smallest absolute Gasteiger partial charge is 0.285 e. The van der Waals surface area contributed by atoms with E-state index in [1.54, 1.807) is 30.6 Å². The van der Waals surface area contributed by atoms with Gasteiger partial charge in [0.25, 0.3) is 10.0 Å². The lowest BCUT2D eigenvalue weighted by Crippen LogP contribution is -2.15. The van der Waals surface area contributed by atoms with Crippen LogP contribution in [-0.2, 0) is 14.8 Å². The fourth-order valence-electron chi connectivity index (χ4n) is 3.91. The van der Waals surface area contributed by atoms with Crippen LogP contribution in [0.25, 0.3) is 21.8 Å². The van der Waals surface area contributed by atoms with Crippen LogP contribution in [0.2, 0.25) is 0 Å². The molecule has 1 fully saturated rings. The fourth-order valence-corrected chi connectivity index (χ4v) is 5.35. The molecule has 5 aromatic rings. The summed E-state index contributed by atoms with van der Waals surface area (Å²) >= 11 is 0. The van der Waals surface area contributed by atoms with E-state index >= 15 is 0 Å². The van der Waals surface area contributed by atoms with Crippen molar-refractivity contribution in [3.8, 4) is 0 Å². The number of anilines is 3. The molecule has 0 saturated heterocycles. The molecule has 35 heavy (non-hydrogen) atoms. The van der Waals surface area contributed by atoms with Gasteiger partial charge in [-0.2, -0.15) is 17.6 Å². The fraction of sp³-hybridized carbons (Fsp3) is 0.120. The maximum absolute atomic E-state index is 13.6. The molecule has 2 N–H and O–H groups in total. The standard InChI is InChI=1S/C25H20N6O3S/c32-25(17-6-7-17)30-20-10-8-19(9-11-20)29-23-13-21-18(14-27-23)15-28-31(21)35(33,34)22-5-1-3-16-4-2-12-26-24(16)22/h1-5,8-15,17H,6-7H2,(H,27,29)(H,30,32). The van der Waals surface area contributed by atoms with Crippen molar-refractivity contribution in [2.75, 3.05) is 10.6 Å². The van der Waals surface area contributed by atoms with Crippen LogP contribution >= 0.6 is 0 Å². The predicted molar refractivity (Wildman–Crippen MR) is 133 cm³/mol. The maximum atomic E-state index is 13.6. The molecule has 0 unspecified atom stereocenters. The molecule has 1 aliphatic carbocycles. The minimum absolute atomic E-state index is 0.0497. The minimum atomic E-state index is -4.01. The molecule has 2 aromatic carbocycles. The Morgan fingerprint density at radius 3 is 2.49 bits per heavy atom. The third kappa shape index (κ3) is 3.97. The second-order valence-corrected chi connectivity index (χ2v) is 10.2. The van der Waals surface area contributed by atoms with Crippen molar-refractivity contribution in [1.82, 2.24) is 19.2 Å². The van der Waals surface area contributed by atoms with E-state index in [0.29, 0.717) is 22.2 Å². The molecule has 0 bridgehead atoms. The lowest BCUT2D eigenvalue weighted by molar-refractivity contribution is -0.117. The number of nitrogens with zero attached hydrogens (tertiary/aromatic N) is 4. The number of para-hydroxylation sites is 1. The van der Waals surface area contributed by atoms with E-state index in [4.69, 9.17) is 0 Å². The number of rotatable bonds is 6. The second kappa shape index (κ2) is 8.17. The summed E-state index contributed by atoms with van der Waals surface area (Å²) < 4.78 is 28.1. The zero-order chi connectivity index (χ0) is 24.0. The summed E-state index contributed by atoms with van der Waals surface area (Å²) in [7, 11) is -4.01. The molecule has 1 saturated carbocycles. The highest BCUT2D eigenvalue weighted by atomic mass is 32.2. The Morgan fingerprint density at radius 2 is 1.69 bits per heavy atom. The van der Waals surface area contributed by atoms with Crippen molar-refractivity contribution in [3.05, 3.63) is 79.3 Å². The molecule has 9 nitrogen and oxygen atoms in total. The number of carbonyl (C=O) groups excluding carboxylic acids is 1. The molecule has 0 atom stereocenters. The molecular weight excluding hydrogens is 464 g/mol. The van der Waals surface area contributed by atoms with Gasteiger partial charge in [-0.1, -0.05) is 18.2 Å². The summed E-state index contributed by atoms with van der Waals surface area (Å²) in [5.41, 5.74) is 2.25. The van der Waals surface area contributed by atoms with Crippen molar-refractivity contribution >= 4 is 54.9 Å². The van der Waals surface area contributed by atoms with Gasteiger partial charge in [-0.3, -0.25) is 9.78 Å². The summed E-state index contributed by atoms with van der Waals surface area (Å²) in [5.74, 6) is 0.642. The molecule has 3 heterocycles. The van der Waals surface area contributed by atoms with Gasteiger partial charge in [0.2, 0.25) is 5.91 Å². The predicted octanol–water partition coefficient (Wildman–Crippen LogP) is 4.31. The molecule has 10 heteroatoms. The lowest BCUT2D eigenvalue weighted by Gasteiger charge is -2.10. The SMILES string of the molecule is O=C(Nc1ccc(Nc2cc3c(cn2)cnn3S(=O)(=O)c2cccc3cccnc23)cc1)C1CC1. The number of benzene rings is 2. The van der Waals surface area contributed by atoms with Crippen LogP contribution in [0, 0.1) is 5.92 Å². The van der Waals surface area contributed by atoms with Crippen molar-refractivity contribution in [2.24, 2.45) is 5.92 Å². The number of nitrogens with one attached hydrogen (secondary N) is 2. The summed E-state index contributed by atoms with van der Waals surface area (Å²) in [6, 6.07) is 17.5. The third-order valence-corrected chi connectivity index (χ3v) is 7.53. The molecule has 1 amide bonds. The zero-order valence-electron chi connectivity index (χ0n) is 18.4. The van der Waals surface area contributed by atoms with Gasteiger partial charge in [-0.25, -0.2) is 4.98 Å². The van der Waals surface area contributed by atoms with Gasteiger partial charge in [0, 0.05) is 46.5 Å². The Kier molecular flexibility index (Phi) is 4.96. The third-order valence-electron chi connectivity index (χ3n) is 5.89. The van der Waals surface area contributed by atoms with E-state index in [9.17, 15) is 13.2 Å². The van der Waals surface area contributed by atoms with Crippen molar-refractivity contribution in [2.45, 2.75) is 17.7 Å². The van der Waals surface area contributed by atoms with Gasteiger partial charge in [-0.05, 0) is 49.2 Å². The average Bonchev–Trinajstić information content (AvgIpc) is 3.64. The van der Waals surface area contributed by atoms with Crippen molar-refractivity contribution < 1.29 is 13.2 Å². The molecule has 1 aliphatic rings. The van der Waals surface area contributed by atoms with Crippen molar-refractivity contribution in [1.29, 1.82) is 0 Å². The van der Waals surface area contributed by atoms with Gasteiger partial charge < -0.3 is 10.6 Å². The Balaban J connectivity index is 1.31. The summed E-state index contributed by atoms with van der Waals surface area (Å²) in [5, 5.41) is 11.5. The Hall–Kier alpha value is -4.31. The zero-order valence-corrected chi connectivity index (χ0v) is 19.2. The highest BCUT2D eigenvalue weighted by molar-refractivity contribution is 7.90. The van der Waals surface area contributed by atoms with Crippen LogP contribution in [-0.4, -0.2) is 33.5 Å². The molecule has 3 aromatic heterocycles. The number of aromatic nitrogens is 4. The van der Waals surface area contributed by atoms with Gasteiger partial charge in [0.15, 0.2) is 0 Å². The molecule has 0 aliphatic heterocycles. The lowest BCUT2D eigenvalue weighted by atomic mass is 10.2. The number of fused-ring (bicyclic) bond motifs is 2. The van der Waals surface area contributed by atoms with E-state index in [2.05, 4.69) is 25.7 Å². The van der Waals surface area contributed by atoms with Crippen LogP contribution in [0.3, 0.4) is 0 Å². The van der Waals surface area contributed by atoms with Crippen LogP contribution in [0.5, 0.6) is 0 Å². The second-order valence-electron chi connectivity index (χ2n) is 8.42. The number of hydrogen-bond acceptors (Lipinski definition) is 7. The summed E-state index contributed by atoms with van der Waals surface area (Å²) in [4.78, 5) is 20.7. The first-order valence-corrected chi connectivity index (χ1v) is 12.5. The number of carbonyl (C=O) groups is 1. The van der Waals surface area contributed by atoms with Gasteiger partial charge in [0.05, 0.1) is 17.2 Å². The van der Waals surface area contributed by atoms with E-state index in [-0.39, 0.29) is 16.7 Å². The van der Waals surface area contributed by atoms with E-state index in [1.165, 1.54) is 12.3 Å². The number of hydrogen-bond donors (Lipinski definition) is 2. The Bertz CT molecular complexity index is 1690. The van der Waals surface area contributed by atoms with Gasteiger partial charge in [-0.15, -0.1) is 0 Å². The first kappa shape index (κ1) is 21.2. The number of amides is 1. The molecule has 174 valence electrons. The highest BCUT2D eigenvalue weighted by Crippen LogP contribution is 2.31. The largest absolute Gasteiger partial charge is 0.340 e. The van der Waals surface area contributed by atoms with Gasteiger partial charge >= 0.3 is 0 Å². The number of pyridine rings is 2. The molecule has 0 radical (unpaired) electrons. The average molecular weight is 485 g/mol. The minimum Gasteiger partial charge on any atom is -0.340 e. The van der Waals surface area contributed by atoms with Crippen LogP contribution in [0.15, 0.2) is 84.1 Å². The van der Waals surface area contributed by atoms with Crippen LogP contribution < -0.4 is 10.6 Å². The quantitative estimate of drug-likeness (QED) is 0.369. The summed E-state index contributed by atoms with van der Waals surface area (Å²) in [6.07, 6.45) is 6.50. The molecule has 6 rings (SSSR count). The maximum Gasteiger partial charge on any atom is 0.285 e. The molecular formula is C25H20N6O3S. The monoisotopic (exact) mass is 484 g/mol. The highest BCUT2D eigenvalue weighted by Gasteiger charge is 2.29. The Morgan fingerprint density at radius 1 is 0.914 bits per heavy atom. The molecule has 0 spiro atoms. The van der Waals surface area contributed by atoms with Gasteiger partial charge in [0.1, 0.15) is 10.7 Å². The first-order valence-electron chi connectivity index (χ1n) is 11.1. The van der Waals surface area contributed by atoms with E-state index in [1.807, 2.05) is 36.4 Å². The first-order chi connectivity index (χ1) is 17.0. The summed E-state index contributed by atoms with van der Waals surface area (Å²) in [6.45, 7) is 0. The topological polar surface area (TPSA) is 119 Å². The van der Waals surface area contributed by atoms with E-state index < -0.39 is 10.0 Å². The van der Waals surface area contributed by atoms with Crippen LogP contribution in [0.4, 0.5) is 17.2 Å². The van der Waals surface area contributed by atoms with Crippen LogP contribution in [0.1, 0.15) is 12.8 Å².